The summed E-state index contributed by atoms with van der Waals surface area (Å²) in [7, 11) is 1.65. The second-order valence-electron chi connectivity index (χ2n) is 9.64. The summed E-state index contributed by atoms with van der Waals surface area (Å²) in [6, 6.07) is 24.4. The number of ether oxygens (including phenoxy) is 1. The highest BCUT2D eigenvalue weighted by Crippen LogP contribution is 2.20. The van der Waals surface area contributed by atoms with Gasteiger partial charge in [0.2, 0.25) is 0 Å². The zero-order valence-corrected chi connectivity index (χ0v) is 22.0. The molecule has 8 heteroatoms. The second-order valence-corrected chi connectivity index (χ2v) is 9.64. The third kappa shape index (κ3) is 5.81. The number of fused-ring (bicyclic) bond motifs is 1. The van der Waals surface area contributed by atoms with E-state index in [1.54, 1.807) is 7.11 Å². The Morgan fingerprint density at radius 3 is 2.50 bits per heavy atom. The van der Waals surface area contributed by atoms with Crippen LogP contribution in [-0.4, -0.2) is 43.7 Å². The molecule has 3 aromatic carbocycles. The largest absolute Gasteiger partial charge is 0.497 e. The van der Waals surface area contributed by atoms with E-state index in [4.69, 9.17) is 4.74 Å². The number of benzene rings is 3. The molecule has 5 rings (SSSR count). The number of aromatic nitrogens is 5. The molecule has 0 saturated heterocycles. The molecule has 0 amide bonds. The van der Waals surface area contributed by atoms with Gasteiger partial charge < -0.3 is 9.72 Å². The fraction of sp³-hybridized carbons (Fsp3) is 0.267. The number of pyridine rings is 1. The maximum absolute atomic E-state index is 13.1. The Balaban J connectivity index is 1.40. The first-order chi connectivity index (χ1) is 18.5. The summed E-state index contributed by atoms with van der Waals surface area (Å²) >= 11 is 0. The number of tetrazole rings is 1. The minimum absolute atomic E-state index is 0.0614. The monoisotopic (exact) mass is 508 g/mol. The number of nitrogens with one attached hydrogen (secondary N) is 1. The van der Waals surface area contributed by atoms with Crippen molar-refractivity contribution in [2.24, 2.45) is 0 Å². The van der Waals surface area contributed by atoms with Crippen LogP contribution in [0.3, 0.4) is 0 Å². The zero-order chi connectivity index (χ0) is 26.5. The first-order valence-electron chi connectivity index (χ1n) is 12.8. The molecule has 5 aromatic rings. The molecular formula is C30H32N6O2. The van der Waals surface area contributed by atoms with Crippen molar-refractivity contribution in [2.45, 2.75) is 39.9 Å². The quantitative estimate of drug-likeness (QED) is 0.300. The van der Waals surface area contributed by atoms with E-state index in [0.717, 1.165) is 57.7 Å². The van der Waals surface area contributed by atoms with Gasteiger partial charge in [0.15, 0.2) is 5.82 Å². The van der Waals surface area contributed by atoms with E-state index < -0.39 is 0 Å². The predicted molar refractivity (Wildman–Crippen MR) is 148 cm³/mol. The Kier molecular flexibility index (Phi) is 7.60. The molecule has 0 spiro atoms. The summed E-state index contributed by atoms with van der Waals surface area (Å²) in [5.74, 6) is 1.56. The summed E-state index contributed by atoms with van der Waals surface area (Å²) < 4.78 is 7.08. The van der Waals surface area contributed by atoms with Crippen LogP contribution >= 0.6 is 0 Å². The fourth-order valence-electron chi connectivity index (χ4n) is 4.64. The Morgan fingerprint density at radius 1 is 0.947 bits per heavy atom. The maximum Gasteiger partial charge on any atom is 0.252 e. The van der Waals surface area contributed by atoms with Gasteiger partial charge in [-0.2, -0.15) is 0 Å². The molecule has 8 nitrogen and oxygen atoms in total. The van der Waals surface area contributed by atoms with Crippen molar-refractivity contribution >= 4 is 10.9 Å². The molecule has 2 aromatic heterocycles. The molecule has 0 bridgehead atoms. The van der Waals surface area contributed by atoms with E-state index in [9.17, 15) is 4.79 Å². The number of hydrogen-bond acceptors (Lipinski definition) is 6. The van der Waals surface area contributed by atoms with Gasteiger partial charge in [0.05, 0.1) is 25.7 Å². The van der Waals surface area contributed by atoms with Crippen LogP contribution in [0, 0.1) is 13.8 Å². The summed E-state index contributed by atoms with van der Waals surface area (Å²) in [4.78, 5) is 18.5. The van der Waals surface area contributed by atoms with Crippen LogP contribution in [-0.2, 0) is 26.1 Å². The van der Waals surface area contributed by atoms with Gasteiger partial charge in [-0.25, -0.2) is 4.68 Å². The smallest absolute Gasteiger partial charge is 0.252 e. The van der Waals surface area contributed by atoms with Crippen molar-refractivity contribution < 1.29 is 4.74 Å². The van der Waals surface area contributed by atoms with E-state index in [-0.39, 0.29) is 5.56 Å². The van der Waals surface area contributed by atoms with Gasteiger partial charge in [-0.05, 0) is 76.5 Å². The van der Waals surface area contributed by atoms with Crippen LogP contribution in [0.5, 0.6) is 5.75 Å². The highest BCUT2D eigenvalue weighted by atomic mass is 16.5. The Labute approximate surface area is 221 Å². The minimum Gasteiger partial charge on any atom is -0.497 e. The summed E-state index contributed by atoms with van der Waals surface area (Å²) in [5, 5.41) is 13.6. The van der Waals surface area contributed by atoms with E-state index in [0.29, 0.717) is 19.6 Å². The summed E-state index contributed by atoms with van der Waals surface area (Å²) in [6.07, 6.45) is 0.852. The first-order valence-corrected chi connectivity index (χ1v) is 12.8. The molecule has 0 unspecified atom stereocenters. The molecule has 0 aliphatic rings. The Bertz CT molecular complexity index is 1570. The van der Waals surface area contributed by atoms with E-state index in [1.807, 2.05) is 60.1 Å². The number of methoxy groups -OCH3 is 1. The molecule has 0 atom stereocenters. The fourth-order valence-corrected chi connectivity index (χ4v) is 4.64. The SMILES string of the molecule is COc1ccc(Cn2nnnc2CN(CCc2ccccc2)Cc2cc3ccc(C)c(C)c3[nH]c2=O)cc1. The van der Waals surface area contributed by atoms with Crippen molar-refractivity contribution in [3.63, 3.8) is 0 Å². The van der Waals surface area contributed by atoms with Crippen molar-refractivity contribution in [2.75, 3.05) is 13.7 Å². The number of H-pyrrole nitrogens is 1. The highest BCUT2D eigenvalue weighted by Gasteiger charge is 2.16. The number of nitrogens with zero attached hydrogens (tertiary/aromatic N) is 5. The molecule has 38 heavy (non-hydrogen) atoms. The normalized spacial score (nSPS) is 11.4. The molecule has 0 aliphatic carbocycles. The number of rotatable bonds is 10. The lowest BCUT2D eigenvalue weighted by Crippen LogP contribution is -2.30. The molecule has 0 saturated carbocycles. The average molecular weight is 509 g/mol. The predicted octanol–water partition coefficient (Wildman–Crippen LogP) is 4.43. The van der Waals surface area contributed by atoms with Crippen LogP contribution in [0.15, 0.2) is 77.6 Å². The molecule has 194 valence electrons. The van der Waals surface area contributed by atoms with Gasteiger partial charge in [0.1, 0.15) is 5.75 Å². The lowest BCUT2D eigenvalue weighted by molar-refractivity contribution is 0.248. The first kappa shape index (κ1) is 25.4. The van der Waals surface area contributed by atoms with Gasteiger partial charge in [0.25, 0.3) is 5.56 Å². The van der Waals surface area contributed by atoms with Crippen LogP contribution < -0.4 is 10.3 Å². The van der Waals surface area contributed by atoms with Crippen LogP contribution in [0.25, 0.3) is 10.9 Å². The third-order valence-electron chi connectivity index (χ3n) is 7.04. The van der Waals surface area contributed by atoms with E-state index >= 15 is 0 Å². The molecular weight excluding hydrogens is 476 g/mol. The topological polar surface area (TPSA) is 88.9 Å². The van der Waals surface area contributed by atoms with Crippen molar-refractivity contribution in [3.8, 4) is 5.75 Å². The number of hydrogen-bond donors (Lipinski definition) is 1. The maximum atomic E-state index is 13.1. The third-order valence-corrected chi connectivity index (χ3v) is 7.04. The molecule has 0 radical (unpaired) electrons. The average Bonchev–Trinajstić information content (AvgIpc) is 3.37. The molecule has 0 fully saturated rings. The van der Waals surface area contributed by atoms with Crippen molar-refractivity contribution in [1.82, 2.24) is 30.1 Å². The van der Waals surface area contributed by atoms with Crippen LogP contribution in [0.4, 0.5) is 0 Å². The standard InChI is InChI=1S/C30H32N6O2/c1-21-9-12-25-17-26(30(37)31-29(25)22(21)2)19-35(16-15-23-7-5-4-6-8-23)20-28-32-33-34-36(28)18-24-10-13-27(38-3)14-11-24/h4-14,17H,15-16,18-20H2,1-3H3,(H,31,37). The van der Waals surface area contributed by atoms with Gasteiger partial charge in [-0.3, -0.25) is 9.69 Å². The van der Waals surface area contributed by atoms with E-state index in [1.165, 1.54) is 5.56 Å². The minimum atomic E-state index is -0.0614. The lowest BCUT2D eigenvalue weighted by Gasteiger charge is -2.22. The van der Waals surface area contributed by atoms with Crippen molar-refractivity contribution in [3.05, 3.63) is 117 Å². The molecule has 0 aliphatic heterocycles. The number of aryl methyl sites for hydroxylation is 2. The molecule has 1 N–H and O–H groups in total. The summed E-state index contributed by atoms with van der Waals surface area (Å²) in [5.41, 5.74) is 6.15. The van der Waals surface area contributed by atoms with E-state index in [2.05, 4.69) is 56.6 Å². The van der Waals surface area contributed by atoms with Gasteiger partial charge in [-0.1, -0.05) is 54.6 Å². The lowest BCUT2D eigenvalue weighted by atomic mass is 10.0. The number of aromatic amines is 1. The summed E-state index contributed by atoms with van der Waals surface area (Å²) in [6.45, 7) is 6.41. The van der Waals surface area contributed by atoms with Gasteiger partial charge >= 0.3 is 0 Å². The van der Waals surface area contributed by atoms with Crippen molar-refractivity contribution in [1.29, 1.82) is 0 Å². The van der Waals surface area contributed by atoms with Gasteiger partial charge in [-0.15, -0.1) is 5.10 Å². The van der Waals surface area contributed by atoms with Crippen LogP contribution in [0.2, 0.25) is 0 Å². The van der Waals surface area contributed by atoms with Gasteiger partial charge in [0, 0.05) is 18.7 Å². The second kappa shape index (κ2) is 11.4. The Morgan fingerprint density at radius 2 is 1.74 bits per heavy atom. The Hall–Kier alpha value is -4.30. The molecule has 2 heterocycles. The van der Waals surface area contributed by atoms with Crippen LogP contribution in [0.1, 0.15) is 33.6 Å². The zero-order valence-electron chi connectivity index (χ0n) is 22.0. The highest BCUT2D eigenvalue weighted by molar-refractivity contribution is 5.83.